The summed E-state index contributed by atoms with van der Waals surface area (Å²) in [5.74, 6) is 1.04. The molecule has 1 aliphatic rings. The van der Waals surface area contributed by atoms with Gasteiger partial charge in [-0.1, -0.05) is 11.6 Å². The van der Waals surface area contributed by atoms with Gasteiger partial charge in [-0.25, -0.2) is 4.39 Å². The minimum absolute atomic E-state index is 0.0540. The summed E-state index contributed by atoms with van der Waals surface area (Å²) >= 11 is 5.69. The molecule has 27 heavy (non-hydrogen) atoms. The first-order chi connectivity index (χ1) is 13.0. The maximum Gasteiger partial charge on any atom is 0.258 e. The monoisotopic (exact) mass is 393 g/mol. The Hall–Kier alpha value is -2.47. The average molecular weight is 394 g/mol. The van der Waals surface area contributed by atoms with Crippen molar-refractivity contribution in [3.8, 4) is 17.2 Å². The van der Waals surface area contributed by atoms with E-state index in [0.717, 1.165) is 29.0 Å². The molecule has 144 valence electrons. The van der Waals surface area contributed by atoms with E-state index in [0.29, 0.717) is 12.4 Å². The standard InChI is InChI=1S/C20H21ClFNO4/c1-3-25-18-7-13-6-12(2)27-19(13)8-14(18)10-23-20(24)11-26-15-4-5-17(22)16(21)9-15/h4-5,7-9,12H,3,6,10-11H2,1-2H3,(H,23,24)/t12-/m0/s1. The molecule has 7 heteroatoms. The Kier molecular flexibility index (Phi) is 6.06. The van der Waals surface area contributed by atoms with Crippen molar-refractivity contribution < 1.29 is 23.4 Å². The highest BCUT2D eigenvalue weighted by Gasteiger charge is 2.22. The van der Waals surface area contributed by atoms with Gasteiger partial charge in [-0.15, -0.1) is 0 Å². The molecule has 0 saturated heterocycles. The van der Waals surface area contributed by atoms with E-state index >= 15 is 0 Å². The smallest absolute Gasteiger partial charge is 0.258 e. The summed E-state index contributed by atoms with van der Waals surface area (Å²) in [5, 5.41) is 2.74. The van der Waals surface area contributed by atoms with Crippen molar-refractivity contribution in [1.82, 2.24) is 5.32 Å². The number of hydrogen-bond acceptors (Lipinski definition) is 4. The quantitative estimate of drug-likeness (QED) is 0.775. The van der Waals surface area contributed by atoms with Crippen molar-refractivity contribution in [3.63, 3.8) is 0 Å². The van der Waals surface area contributed by atoms with Gasteiger partial charge in [0.15, 0.2) is 6.61 Å². The number of carbonyl (C=O) groups is 1. The lowest BCUT2D eigenvalue weighted by molar-refractivity contribution is -0.123. The molecule has 0 aromatic heterocycles. The average Bonchev–Trinajstić information content (AvgIpc) is 3.00. The van der Waals surface area contributed by atoms with Crippen LogP contribution in [-0.4, -0.2) is 25.2 Å². The number of carbonyl (C=O) groups excluding carboxylic acids is 1. The van der Waals surface area contributed by atoms with Crippen molar-refractivity contribution in [2.75, 3.05) is 13.2 Å². The van der Waals surface area contributed by atoms with Gasteiger partial charge in [0.05, 0.1) is 11.6 Å². The lowest BCUT2D eigenvalue weighted by Crippen LogP contribution is -2.28. The van der Waals surface area contributed by atoms with Crippen LogP contribution >= 0.6 is 11.6 Å². The van der Waals surface area contributed by atoms with Crippen LogP contribution in [0.3, 0.4) is 0 Å². The number of hydrogen-bond donors (Lipinski definition) is 1. The van der Waals surface area contributed by atoms with E-state index in [1.807, 2.05) is 26.0 Å². The highest BCUT2D eigenvalue weighted by atomic mass is 35.5. The molecule has 1 heterocycles. The molecular formula is C20H21ClFNO4. The maximum absolute atomic E-state index is 13.1. The largest absolute Gasteiger partial charge is 0.494 e. The molecule has 2 aromatic rings. The molecule has 1 atom stereocenters. The first-order valence-corrected chi connectivity index (χ1v) is 9.14. The third-order valence-corrected chi connectivity index (χ3v) is 4.41. The zero-order valence-electron chi connectivity index (χ0n) is 15.2. The molecule has 0 bridgehead atoms. The van der Waals surface area contributed by atoms with Crippen LogP contribution in [0.4, 0.5) is 4.39 Å². The summed E-state index contributed by atoms with van der Waals surface area (Å²) in [4.78, 5) is 12.1. The van der Waals surface area contributed by atoms with Crippen LogP contribution in [0, 0.1) is 5.82 Å². The molecular weight excluding hydrogens is 373 g/mol. The van der Waals surface area contributed by atoms with Crippen molar-refractivity contribution in [3.05, 3.63) is 52.3 Å². The van der Waals surface area contributed by atoms with Crippen LogP contribution in [0.15, 0.2) is 30.3 Å². The van der Waals surface area contributed by atoms with Crippen LogP contribution < -0.4 is 19.5 Å². The summed E-state index contributed by atoms with van der Waals surface area (Å²) in [7, 11) is 0. The van der Waals surface area contributed by atoms with Gasteiger partial charge in [0.25, 0.3) is 5.91 Å². The Morgan fingerprint density at radius 3 is 2.89 bits per heavy atom. The van der Waals surface area contributed by atoms with Gasteiger partial charge in [-0.05, 0) is 38.1 Å². The number of rotatable bonds is 7. The number of benzene rings is 2. The zero-order chi connectivity index (χ0) is 19.4. The Bertz CT molecular complexity index is 843. The van der Waals surface area contributed by atoms with Crippen LogP contribution in [0.2, 0.25) is 5.02 Å². The fourth-order valence-corrected chi connectivity index (χ4v) is 3.04. The minimum Gasteiger partial charge on any atom is -0.494 e. The molecule has 0 spiro atoms. The number of ether oxygens (including phenoxy) is 3. The first-order valence-electron chi connectivity index (χ1n) is 8.76. The van der Waals surface area contributed by atoms with E-state index in [1.165, 1.54) is 18.2 Å². The topological polar surface area (TPSA) is 56.8 Å². The maximum atomic E-state index is 13.1. The van der Waals surface area contributed by atoms with Gasteiger partial charge < -0.3 is 19.5 Å². The molecule has 1 amide bonds. The molecule has 0 unspecified atom stereocenters. The Balaban J connectivity index is 1.59. The predicted octanol–water partition coefficient (Wildman–Crippen LogP) is 3.90. The summed E-state index contributed by atoms with van der Waals surface area (Å²) < 4.78 is 29.9. The second kappa shape index (κ2) is 8.48. The lowest BCUT2D eigenvalue weighted by atomic mass is 10.1. The number of amides is 1. The van der Waals surface area contributed by atoms with Gasteiger partial charge >= 0.3 is 0 Å². The number of fused-ring (bicyclic) bond motifs is 1. The second-order valence-electron chi connectivity index (χ2n) is 6.27. The molecule has 3 rings (SSSR count). The summed E-state index contributed by atoms with van der Waals surface area (Å²) in [6, 6.07) is 7.82. The SMILES string of the molecule is CCOc1cc2c(cc1CNC(=O)COc1ccc(F)c(Cl)c1)O[C@@H](C)C2. The van der Waals surface area contributed by atoms with Gasteiger partial charge in [0.1, 0.15) is 29.2 Å². The van der Waals surface area contributed by atoms with Crippen molar-refractivity contribution in [2.24, 2.45) is 0 Å². The highest BCUT2D eigenvalue weighted by molar-refractivity contribution is 6.30. The molecule has 1 aliphatic heterocycles. The minimum atomic E-state index is -0.537. The fraction of sp³-hybridized carbons (Fsp3) is 0.350. The summed E-state index contributed by atoms with van der Waals surface area (Å²) in [6.07, 6.45) is 0.978. The lowest BCUT2D eigenvalue weighted by Gasteiger charge is -2.13. The van der Waals surface area contributed by atoms with E-state index in [1.54, 1.807) is 0 Å². The van der Waals surface area contributed by atoms with Crippen LogP contribution in [0.5, 0.6) is 17.2 Å². The van der Waals surface area contributed by atoms with E-state index in [9.17, 15) is 9.18 Å². The van der Waals surface area contributed by atoms with E-state index in [2.05, 4.69) is 5.32 Å². The molecule has 5 nitrogen and oxygen atoms in total. The molecule has 0 aliphatic carbocycles. The second-order valence-corrected chi connectivity index (χ2v) is 6.68. The van der Waals surface area contributed by atoms with E-state index in [-0.39, 0.29) is 30.2 Å². The van der Waals surface area contributed by atoms with Gasteiger partial charge in [-0.2, -0.15) is 0 Å². The Morgan fingerprint density at radius 1 is 1.33 bits per heavy atom. The van der Waals surface area contributed by atoms with E-state index in [4.69, 9.17) is 25.8 Å². The Labute approximate surface area is 162 Å². The van der Waals surface area contributed by atoms with Gasteiger partial charge in [-0.3, -0.25) is 4.79 Å². The number of nitrogens with one attached hydrogen (secondary N) is 1. The highest BCUT2D eigenvalue weighted by Crippen LogP contribution is 2.35. The summed E-state index contributed by atoms with van der Waals surface area (Å²) in [5.41, 5.74) is 1.94. The molecule has 2 aromatic carbocycles. The fourth-order valence-electron chi connectivity index (χ4n) is 2.87. The Morgan fingerprint density at radius 2 is 2.15 bits per heavy atom. The first kappa shape index (κ1) is 19.3. The molecule has 0 fully saturated rings. The summed E-state index contributed by atoms with van der Waals surface area (Å²) in [6.45, 7) is 4.54. The molecule has 0 saturated carbocycles. The van der Waals surface area contributed by atoms with Crippen molar-refractivity contribution >= 4 is 17.5 Å². The normalized spacial score (nSPS) is 15.0. The van der Waals surface area contributed by atoms with Crippen LogP contribution in [0.25, 0.3) is 0 Å². The third kappa shape index (κ3) is 4.83. The van der Waals surface area contributed by atoms with Crippen molar-refractivity contribution in [1.29, 1.82) is 0 Å². The predicted molar refractivity (Wildman–Crippen MR) is 100 cm³/mol. The number of halogens is 2. The van der Waals surface area contributed by atoms with Crippen LogP contribution in [-0.2, 0) is 17.8 Å². The van der Waals surface area contributed by atoms with Gasteiger partial charge in [0, 0.05) is 30.2 Å². The van der Waals surface area contributed by atoms with Gasteiger partial charge in [0.2, 0.25) is 0 Å². The van der Waals surface area contributed by atoms with Crippen molar-refractivity contribution in [2.45, 2.75) is 32.9 Å². The third-order valence-electron chi connectivity index (χ3n) is 4.12. The van der Waals surface area contributed by atoms with Crippen LogP contribution in [0.1, 0.15) is 25.0 Å². The molecule has 1 N–H and O–H groups in total. The molecule has 0 radical (unpaired) electrons. The van der Waals surface area contributed by atoms with E-state index < -0.39 is 5.82 Å². The zero-order valence-corrected chi connectivity index (χ0v) is 15.9.